The number of aromatic nitrogens is 4. The number of amides is 2. The van der Waals surface area contributed by atoms with Gasteiger partial charge in [0.25, 0.3) is 11.8 Å². The van der Waals surface area contributed by atoms with Crippen LogP contribution < -0.4 is 10.2 Å². The molecule has 2 amide bonds. The lowest BCUT2D eigenvalue weighted by atomic mass is 10.1. The van der Waals surface area contributed by atoms with Crippen molar-refractivity contribution in [3.63, 3.8) is 0 Å². The van der Waals surface area contributed by atoms with Gasteiger partial charge in [0.2, 0.25) is 0 Å². The first-order chi connectivity index (χ1) is 14.1. The number of fused-ring (bicyclic) bond motifs is 1. The normalized spacial score (nSPS) is 16.0. The fraction of sp³-hybridized carbons (Fsp3) is 0.263. The molecule has 0 fully saturated rings. The van der Waals surface area contributed by atoms with Crippen LogP contribution in [0.4, 0.5) is 24.5 Å². The van der Waals surface area contributed by atoms with Crippen LogP contribution in [0.5, 0.6) is 0 Å². The van der Waals surface area contributed by atoms with Crippen LogP contribution in [0.15, 0.2) is 42.9 Å². The summed E-state index contributed by atoms with van der Waals surface area (Å²) in [7, 11) is 1.67. The minimum Gasteiger partial charge on any atom is -0.319 e. The molecular formula is C19H19F3N6O2S. The number of halogens is 3. The van der Waals surface area contributed by atoms with E-state index in [2.05, 4.69) is 15.5 Å². The van der Waals surface area contributed by atoms with Gasteiger partial charge in [0.1, 0.15) is 0 Å². The van der Waals surface area contributed by atoms with Crippen LogP contribution >= 0.6 is 13.5 Å². The minimum atomic E-state index is -4.46. The Hall–Kier alpha value is -3.28. The van der Waals surface area contributed by atoms with Crippen molar-refractivity contribution in [1.29, 1.82) is 0 Å². The van der Waals surface area contributed by atoms with Crippen molar-refractivity contribution in [1.82, 2.24) is 19.6 Å². The summed E-state index contributed by atoms with van der Waals surface area (Å²) in [5.41, 5.74) is 0.228. The maximum absolute atomic E-state index is 13.1. The molecule has 31 heavy (non-hydrogen) atoms. The highest BCUT2D eigenvalue weighted by Gasteiger charge is 2.35. The maximum Gasteiger partial charge on any atom is 0.416 e. The molecule has 2 aromatic heterocycles. The summed E-state index contributed by atoms with van der Waals surface area (Å²) in [6.45, 7) is 2.06. The quantitative estimate of drug-likeness (QED) is 0.661. The summed E-state index contributed by atoms with van der Waals surface area (Å²) in [5.74, 6) is -0.919. The largest absolute Gasteiger partial charge is 0.416 e. The zero-order chi connectivity index (χ0) is 21.6. The van der Waals surface area contributed by atoms with Gasteiger partial charge >= 0.3 is 6.18 Å². The van der Waals surface area contributed by atoms with Crippen molar-refractivity contribution in [2.24, 2.45) is 7.05 Å². The van der Waals surface area contributed by atoms with Crippen LogP contribution in [0.3, 0.4) is 0 Å². The molecule has 8 nitrogen and oxygen atoms in total. The van der Waals surface area contributed by atoms with Crippen LogP contribution in [0, 0.1) is 0 Å². The number of nitrogens with zero attached hydrogens (tertiary/aromatic N) is 5. The van der Waals surface area contributed by atoms with Crippen LogP contribution in [0.1, 0.15) is 39.4 Å². The van der Waals surface area contributed by atoms with Gasteiger partial charge in [0, 0.05) is 25.5 Å². The number of alkyl halides is 3. The molecule has 1 aliphatic heterocycles. The molecule has 1 aliphatic rings. The Labute approximate surface area is 182 Å². The van der Waals surface area contributed by atoms with E-state index < -0.39 is 23.6 Å². The summed E-state index contributed by atoms with van der Waals surface area (Å²) in [4.78, 5) is 26.9. The summed E-state index contributed by atoms with van der Waals surface area (Å²) in [6, 6.07) is 4.14. The Morgan fingerprint density at radius 2 is 1.84 bits per heavy atom. The van der Waals surface area contributed by atoms with Crippen molar-refractivity contribution in [3.8, 4) is 0 Å². The molecule has 0 saturated heterocycles. The van der Waals surface area contributed by atoms with Crippen molar-refractivity contribution in [2.45, 2.75) is 19.1 Å². The van der Waals surface area contributed by atoms with Gasteiger partial charge in [0.15, 0.2) is 5.69 Å². The van der Waals surface area contributed by atoms with Gasteiger partial charge in [-0.2, -0.15) is 36.9 Å². The highest BCUT2D eigenvalue weighted by Crippen LogP contribution is 2.33. The lowest BCUT2D eigenvalue weighted by molar-refractivity contribution is -0.137. The van der Waals surface area contributed by atoms with Crippen LogP contribution in [-0.2, 0) is 13.2 Å². The Balaban J connectivity index is 0.00000272. The zero-order valence-corrected chi connectivity index (χ0v) is 17.5. The first kappa shape index (κ1) is 22.4. The van der Waals surface area contributed by atoms with Gasteiger partial charge in [-0.3, -0.25) is 19.0 Å². The molecule has 0 radical (unpaired) electrons. The standard InChI is InChI=1S/C19H17F3N6O2.H2S/c1-11-9-27(14-5-3-13(4-6-14)19(20,21)22)18(30)16-15(8-24-28(11)16)25-17(29)12-7-23-26(2)10-12;/h3-8,10-11H,9H2,1-2H3,(H,25,29);1H2/t11-;/m0./s1. The van der Waals surface area contributed by atoms with Crippen LogP contribution in [-0.4, -0.2) is 37.9 Å². The number of carbonyl (C=O) groups is 2. The second kappa shape index (κ2) is 8.10. The lowest BCUT2D eigenvalue weighted by Crippen LogP contribution is -2.43. The highest BCUT2D eigenvalue weighted by atomic mass is 32.1. The molecule has 164 valence electrons. The summed E-state index contributed by atoms with van der Waals surface area (Å²) in [6.07, 6.45) is -0.150. The van der Waals surface area contributed by atoms with Crippen molar-refractivity contribution < 1.29 is 22.8 Å². The van der Waals surface area contributed by atoms with E-state index in [1.54, 1.807) is 7.05 Å². The van der Waals surface area contributed by atoms with Crippen LogP contribution in [0.2, 0.25) is 0 Å². The summed E-state index contributed by atoms with van der Waals surface area (Å²) < 4.78 is 41.5. The topological polar surface area (TPSA) is 85.1 Å². The highest BCUT2D eigenvalue weighted by molar-refractivity contribution is 7.59. The van der Waals surface area contributed by atoms with Gasteiger partial charge in [0.05, 0.1) is 35.2 Å². The molecule has 0 bridgehead atoms. The molecule has 0 unspecified atom stereocenters. The third-order valence-electron chi connectivity index (χ3n) is 4.83. The first-order valence-corrected chi connectivity index (χ1v) is 9.02. The molecule has 0 aliphatic carbocycles. The fourth-order valence-corrected chi connectivity index (χ4v) is 3.34. The number of anilines is 2. The zero-order valence-electron chi connectivity index (χ0n) is 16.5. The van der Waals surface area contributed by atoms with Crippen molar-refractivity contribution >= 4 is 36.7 Å². The van der Waals surface area contributed by atoms with E-state index >= 15 is 0 Å². The summed E-state index contributed by atoms with van der Waals surface area (Å²) in [5, 5.41) is 10.8. The monoisotopic (exact) mass is 452 g/mol. The van der Waals surface area contributed by atoms with E-state index in [0.717, 1.165) is 12.1 Å². The van der Waals surface area contributed by atoms with Crippen molar-refractivity contribution in [2.75, 3.05) is 16.8 Å². The van der Waals surface area contributed by atoms with E-state index in [1.807, 2.05) is 6.92 Å². The molecule has 0 saturated carbocycles. The first-order valence-electron chi connectivity index (χ1n) is 9.02. The number of aryl methyl sites for hydroxylation is 1. The number of carbonyl (C=O) groups excluding carboxylic acids is 2. The van der Waals surface area contributed by atoms with E-state index in [-0.39, 0.29) is 37.5 Å². The maximum atomic E-state index is 13.1. The average Bonchev–Trinajstić information content (AvgIpc) is 3.31. The molecule has 1 aromatic carbocycles. The second-order valence-corrected chi connectivity index (χ2v) is 7.02. The molecule has 3 heterocycles. The van der Waals surface area contributed by atoms with E-state index in [0.29, 0.717) is 11.3 Å². The third kappa shape index (κ3) is 4.15. The number of rotatable bonds is 3. The van der Waals surface area contributed by atoms with Gasteiger partial charge in [-0.15, -0.1) is 0 Å². The fourth-order valence-electron chi connectivity index (χ4n) is 3.34. The number of hydrogen-bond acceptors (Lipinski definition) is 4. The van der Waals surface area contributed by atoms with E-state index in [9.17, 15) is 22.8 Å². The molecule has 1 N–H and O–H groups in total. The average molecular weight is 452 g/mol. The van der Waals surface area contributed by atoms with Crippen molar-refractivity contribution in [3.05, 3.63) is 59.7 Å². The van der Waals surface area contributed by atoms with E-state index in [4.69, 9.17) is 0 Å². The predicted octanol–water partition coefficient (Wildman–Crippen LogP) is 3.22. The molecule has 12 heteroatoms. The Bertz CT molecular complexity index is 1120. The molecule has 0 spiro atoms. The SMILES string of the molecule is C[C@H]1CN(c2ccc(C(F)(F)F)cc2)C(=O)c2c(NC(=O)c3cnn(C)c3)cnn21.S. The van der Waals surface area contributed by atoms with Gasteiger partial charge in [-0.25, -0.2) is 0 Å². The minimum absolute atomic E-state index is 0. The van der Waals surface area contributed by atoms with E-state index in [1.165, 1.54) is 45.0 Å². The smallest absolute Gasteiger partial charge is 0.319 e. The Morgan fingerprint density at radius 1 is 1.16 bits per heavy atom. The summed E-state index contributed by atoms with van der Waals surface area (Å²) >= 11 is 0. The molecule has 3 aromatic rings. The molecule has 1 atom stereocenters. The third-order valence-corrected chi connectivity index (χ3v) is 4.83. The molecular weight excluding hydrogens is 433 g/mol. The van der Waals surface area contributed by atoms with Gasteiger partial charge in [-0.05, 0) is 31.2 Å². The van der Waals surface area contributed by atoms with Crippen LogP contribution in [0.25, 0.3) is 0 Å². The second-order valence-electron chi connectivity index (χ2n) is 7.02. The van der Waals surface area contributed by atoms with Gasteiger partial charge < -0.3 is 10.2 Å². The Morgan fingerprint density at radius 3 is 2.42 bits per heavy atom. The lowest BCUT2D eigenvalue weighted by Gasteiger charge is -2.32. The number of benzene rings is 1. The number of hydrogen-bond donors (Lipinski definition) is 1. The molecule has 4 rings (SSSR count). The van der Waals surface area contributed by atoms with Gasteiger partial charge in [-0.1, -0.05) is 0 Å². The Kier molecular flexibility index (Phi) is 5.85. The number of nitrogens with one attached hydrogen (secondary N) is 1. The predicted molar refractivity (Wildman–Crippen MR) is 112 cm³/mol.